The van der Waals surface area contributed by atoms with Gasteiger partial charge in [0.25, 0.3) is 0 Å². The Kier molecular flexibility index (Phi) is 41.5. The molecule has 4 radical (unpaired) electrons. The van der Waals surface area contributed by atoms with Crippen LogP contribution in [0.3, 0.4) is 0 Å². The molecule has 2 aromatic rings. The molecule has 10 heteroatoms. The molecule has 0 amide bonds. The van der Waals surface area contributed by atoms with Crippen molar-refractivity contribution in [3.05, 3.63) is 38.6 Å². The summed E-state index contributed by atoms with van der Waals surface area (Å²) in [5, 5.41) is 15.6. The van der Waals surface area contributed by atoms with E-state index in [2.05, 4.69) is 34.5 Å². The Bertz CT molecular complexity index is 386. The van der Waals surface area contributed by atoms with E-state index in [1.807, 2.05) is 35.6 Å². The van der Waals surface area contributed by atoms with Crippen molar-refractivity contribution in [2.45, 2.75) is 53.6 Å². The molecule has 0 aliphatic carbocycles. The molecule has 0 saturated carbocycles. The first-order chi connectivity index (χ1) is 8.73. The van der Waals surface area contributed by atoms with Crippen LogP contribution in [-0.4, -0.2) is 30.0 Å². The van der Waals surface area contributed by atoms with Crippen LogP contribution in [0.5, 0.6) is 0 Å². The SMILES string of the molecule is CCc1cn(CC)nn1.CCc1cn(CC)nn1.[CH3-].[CH3-].[V].[V].[Y].[Y]. The zero-order valence-corrected chi connectivity index (χ0v) is 24.2. The standard InChI is InChI=1S/2C6H11N3.2CH3.2V.2Y/c2*1-3-6-5-9(4-2)8-7-6;;;;;;/h2*5H,3-4H2,1-2H3;2*1H3;;;;/q;;2*-1;;;;. The van der Waals surface area contributed by atoms with Crippen LogP contribution in [0, 0.1) is 14.9 Å². The Labute approximate surface area is 222 Å². The van der Waals surface area contributed by atoms with Gasteiger partial charge in [0.15, 0.2) is 0 Å². The molecule has 0 fully saturated rings. The molecule has 24 heavy (non-hydrogen) atoms. The second-order valence-electron chi connectivity index (χ2n) is 3.84. The zero-order chi connectivity index (χ0) is 13.4. The number of aromatic nitrogens is 6. The van der Waals surface area contributed by atoms with Gasteiger partial charge < -0.3 is 14.9 Å². The normalized spacial score (nSPS) is 7.50. The van der Waals surface area contributed by atoms with Gasteiger partial charge in [0.1, 0.15) is 0 Å². The topological polar surface area (TPSA) is 61.4 Å². The van der Waals surface area contributed by atoms with Crippen LogP contribution in [0.4, 0.5) is 0 Å². The summed E-state index contributed by atoms with van der Waals surface area (Å²) in [7, 11) is 0. The minimum atomic E-state index is 0. The van der Waals surface area contributed by atoms with Gasteiger partial charge in [-0.05, 0) is 26.7 Å². The van der Waals surface area contributed by atoms with Crippen molar-refractivity contribution in [1.29, 1.82) is 0 Å². The summed E-state index contributed by atoms with van der Waals surface area (Å²) in [6, 6.07) is 0. The van der Waals surface area contributed by atoms with Crippen molar-refractivity contribution in [3.63, 3.8) is 0 Å². The minimum Gasteiger partial charge on any atom is -0.358 e. The molecule has 0 N–H and O–H groups in total. The predicted octanol–water partition coefficient (Wildman–Crippen LogP) is 2.61. The summed E-state index contributed by atoms with van der Waals surface area (Å²) in [5.74, 6) is 0. The van der Waals surface area contributed by atoms with Crippen molar-refractivity contribution < 1.29 is 103 Å². The van der Waals surface area contributed by atoms with Gasteiger partial charge in [0.2, 0.25) is 0 Å². The van der Waals surface area contributed by atoms with Crippen LogP contribution in [0.1, 0.15) is 39.1 Å². The van der Waals surface area contributed by atoms with Gasteiger partial charge in [-0.1, -0.05) is 24.3 Å². The van der Waals surface area contributed by atoms with E-state index in [0.29, 0.717) is 0 Å². The molecule has 0 atom stereocenters. The van der Waals surface area contributed by atoms with E-state index in [0.717, 1.165) is 37.3 Å². The molecule has 2 aromatic heterocycles. The fourth-order valence-corrected chi connectivity index (χ4v) is 1.31. The maximum atomic E-state index is 3.92. The van der Waals surface area contributed by atoms with E-state index in [4.69, 9.17) is 0 Å². The largest absolute Gasteiger partial charge is 0.358 e. The molecule has 0 aliphatic rings. The molecule has 2 heterocycles. The smallest absolute Gasteiger partial charge is 0.0824 e. The summed E-state index contributed by atoms with van der Waals surface area (Å²) < 4.78 is 3.66. The third kappa shape index (κ3) is 15.9. The molecule has 0 aromatic carbocycles. The number of aryl methyl sites for hydroxylation is 4. The Hall–Kier alpha value is 1.66. The van der Waals surface area contributed by atoms with Crippen molar-refractivity contribution in [2.75, 3.05) is 0 Å². The van der Waals surface area contributed by atoms with Crippen molar-refractivity contribution >= 4 is 0 Å². The fraction of sp³-hybridized carbons (Fsp3) is 0.571. The summed E-state index contributed by atoms with van der Waals surface area (Å²) in [5.41, 5.74) is 2.13. The van der Waals surface area contributed by atoms with Gasteiger partial charge in [-0.25, -0.2) is 0 Å². The molecular weight excluding hydrogens is 532 g/mol. The van der Waals surface area contributed by atoms with Crippen LogP contribution >= 0.6 is 0 Å². The van der Waals surface area contributed by atoms with Crippen LogP contribution < -0.4 is 0 Å². The van der Waals surface area contributed by atoms with E-state index in [1.165, 1.54) is 0 Å². The second kappa shape index (κ2) is 24.7. The maximum Gasteiger partial charge on any atom is 0.0824 e. The molecule has 0 spiro atoms. The fourth-order valence-electron chi connectivity index (χ4n) is 1.31. The second-order valence-corrected chi connectivity index (χ2v) is 3.84. The average Bonchev–Trinajstić information content (AvgIpc) is 3.07. The van der Waals surface area contributed by atoms with Crippen LogP contribution in [0.2, 0.25) is 0 Å². The quantitative estimate of drug-likeness (QED) is 0.540. The van der Waals surface area contributed by atoms with Gasteiger partial charge in [0.05, 0.1) is 11.4 Å². The molecular formula is C14H28N6V2Y2-2. The number of rotatable bonds is 4. The van der Waals surface area contributed by atoms with E-state index < -0.39 is 0 Å². The van der Waals surface area contributed by atoms with Crippen LogP contribution in [0.15, 0.2) is 12.4 Å². The predicted molar refractivity (Wildman–Crippen MR) is 83.0 cm³/mol. The van der Waals surface area contributed by atoms with Gasteiger partial charge in [-0.2, -0.15) is 0 Å². The van der Waals surface area contributed by atoms with Gasteiger partial charge in [0, 0.05) is 128 Å². The monoisotopic (exact) mass is 560 g/mol. The molecule has 0 bridgehead atoms. The van der Waals surface area contributed by atoms with Crippen LogP contribution in [-0.2, 0) is 128 Å². The third-order valence-corrected chi connectivity index (χ3v) is 2.54. The van der Waals surface area contributed by atoms with E-state index in [9.17, 15) is 0 Å². The molecule has 132 valence electrons. The third-order valence-electron chi connectivity index (χ3n) is 2.54. The summed E-state index contributed by atoms with van der Waals surface area (Å²) in [4.78, 5) is 0. The Morgan fingerprint density at radius 3 is 1.12 bits per heavy atom. The van der Waals surface area contributed by atoms with Gasteiger partial charge >= 0.3 is 0 Å². The summed E-state index contributed by atoms with van der Waals surface area (Å²) >= 11 is 0. The molecule has 6 nitrogen and oxygen atoms in total. The number of hydrogen-bond donors (Lipinski definition) is 0. The Morgan fingerprint density at radius 2 is 1.00 bits per heavy atom. The summed E-state index contributed by atoms with van der Waals surface area (Å²) in [6.45, 7) is 10.1. The Balaban J connectivity index is -0.0000000540. The first-order valence-electron chi connectivity index (χ1n) is 6.51. The van der Waals surface area contributed by atoms with Gasteiger partial charge in [-0.3, -0.25) is 9.36 Å². The van der Waals surface area contributed by atoms with E-state index in [-0.39, 0.29) is 117 Å². The van der Waals surface area contributed by atoms with Crippen LogP contribution in [0.25, 0.3) is 0 Å². The van der Waals surface area contributed by atoms with Crippen molar-refractivity contribution in [2.24, 2.45) is 0 Å². The van der Waals surface area contributed by atoms with Crippen molar-refractivity contribution in [1.82, 2.24) is 30.0 Å². The first-order valence-corrected chi connectivity index (χ1v) is 6.51. The van der Waals surface area contributed by atoms with E-state index >= 15 is 0 Å². The molecule has 2 rings (SSSR count). The maximum absolute atomic E-state index is 3.92. The number of hydrogen-bond acceptors (Lipinski definition) is 4. The van der Waals surface area contributed by atoms with E-state index in [1.54, 1.807) is 0 Å². The van der Waals surface area contributed by atoms with Gasteiger partial charge in [-0.15, -0.1) is 10.2 Å². The Morgan fingerprint density at radius 1 is 0.708 bits per heavy atom. The average molecular weight is 560 g/mol. The molecule has 0 aliphatic heterocycles. The number of nitrogens with zero attached hydrogens (tertiary/aromatic N) is 6. The summed E-state index contributed by atoms with van der Waals surface area (Å²) in [6.07, 6.45) is 5.89. The first kappa shape index (κ1) is 40.4. The minimum absolute atomic E-state index is 0. The van der Waals surface area contributed by atoms with Crippen molar-refractivity contribution in [3.8, 4) is 0 Å². The molecule has 0 saturated heterocycles. The zero-order valence-electron chi connectivity index (χ0n) is 15.7. The molecule has 0 unspecified atom stereocenters.